The molecule has 2 N–H and O–H groups in total. The van der Waals surface area contributed by atoms with Crippen molar-refractivity contribution in [2.45, 2.75) is 63.2 Å². The van der Waals surface area contributed by atoms with Gasteiger partial charge in [0.25, 0.3) is 5.91 Å². The summed E-state index contributed by atoms with van der Waals surface area (Å²) in [4.78, 5) is 25.2. The molecule has 4 nitrogen and oxygen atoms in total. The Labute approximate surface area is 178 Å². The maximum Gasteiger partial charge on any atom is 0.257 e. The van der Waals surface area contributed by atoms with Crippen LogP contribution in [0.5, 0.6) is 5.75 Å². The maximum absolute atomic E-state index is 12.2. The SMILES string of the molecule is CCCCCCCCc1ccc(C(=O)NC(=O)CCSc2ccc(O)cc2)cc1. The summed E-state index contributed by atoms with van der Waals surface area (Å²) >= 11 is 1.51. The highest BCUT2D eigenvalue weighted by atomic mass is 32.2. The number of hydrogen-bond donors (Lipinski definition) is 2. The van der Waals surface area contributed by atoms with Crippen molar-refractivity contribution in [2.75, 3.05) is 5.75 Å². The molecule has 0 aliphatic heterocycles. The molecule has 0 unspecified atom stereocenters. The molecule has 0 aliphatic rings. The molecular weight excluding hydrogens is 382 g/mol. The van der Waals surface area contributed by atoms with Gasteiger partial charge in [-0.1, -0.05) is 51.2 Å². The number of hydrogen-bond acceptors (Lipinski definition) is 4. The summed E-state index contributed by atoms with van der Waals surface area (Å²) < 4.78 is 0. The fraction of sp³-hybridized carbons (Fsp3) is 0.417. The van der Waals surface area contributed by atoms with E-state index in [2.05, 4.69) is 12.2 Å². The first-order valence-electron chi connectivity index (χ1n) is 10.4. The van der Waals surface area contributed by atoms with Crippen molar-refractivity contribution >= 4 is 23.6 Å². The van der Waals surface area contributed by atoms with Crippen LogP contribution in [0.15, 0.2) is 53.4 Å². The summed E-state index contributed by atoms with van der Waals surface area (Å²) in [6.45, 7) is 2.22. The van der Waals surface area contributed by atoms with Crippen LogP contribution in [-0.2, 0) is 11.2 Å². The Kier molecular flexibility index (Phi) is 10.4. The number of unbranched alkanes of at least 4 members (excludes halogenated alkanes) is 5. The molecule has 2 amide bonds. The summed E-state index contributed by atoms with van der Waals surface area (Å²) in [5.41, 5.74) is 1.74. The van der Waals surface area contributed by atoms with Gasteiger partial charge in [0, 0.05) is 22.6 Å². The van der Waals surface area contributed by atoms with E-state index in [1.165, 1.54) is 55.9 Å². The average Bonchev–Trinajstić information content (AvgIpc) is 2.72. The third kappa shape index (κ3) is 9.18. The van der Waals surface area contributed by atoms with Crippen LogP contribution in [0.1, 0.15) is 67.8 Å². The maximum atomic E-state index is 12.2. The summed E-state index contributed by atoms with van der Waals surface area (Å²) in [7, 11) is 0. The Morgan fingerprint density at radius 3 is 2.24 bits per heavy atom. The van der Waals surface area contributed by atoms with Gasteiger partial charge in [-0.2, -0.15) is 0 Å². The van der Waals surface area contributed by atoms with E-state index in [0.717, 1.165) is 11.3 Å². The molecule has 0 heterocycles. The molecule has 0 saturated heterocycles. The molecule has 0 aromatic heterocycles. The Hall–Kier alpha value is -2.27. The highest BCUT2D eigenvalue weighted by Crippen LogP contribution is 2.21. The van der Waals surface area contributed by atoms with E-state index in [-0.39, 0.29) is 24.0 Å². The number of imide groups is 1. The van der Waals surface area contributed by atoms with Crippen LogP contribution in [0, 0.1) is 0 Å². The first-order valence-corrected chi connectivity index (χ1v) is 11.4. The van der Waals surface area contributed by atoms with E-state index in [4.69, 9.17) is 0 Å². The minimum absolute atomic E-state index is 0.218. The largest absolute Gasteiger partial charge is 0.508 e. The fourth-order valence-electron chi connectivity index (χ4n) is 3.00. The quantitative estimate of drug-likeness (QED) is 0.344. The van der Waals surface area contributed by atoms with Gasteiger partial charge in [0.2, 0.25) is 5.91 Å². The molecule has 0 bridgehead atoms. The van der Waals surface area contributed by atoms with Gasteiger partial charge in [-0.3, -0.25) is 14.9 Å². The zero-order valence-electron chi connectivity index (χ0n) is 17.2. The molecule has 5 heteroatoms. The Balaban J connectivity index is 1.67. The molecule has 29 heavy (non-hydrogen) atoms. The first-order chi connectivity index (χ1) is 14.1. The van der Waals surface area contributed by atoms with Gasteiger partial charge in [-0.15, -0.1) is 11.8 Å². The Morgan fingerprint density at radius 1 is 0.897 bits per heavy atom. The van der Waals surface area contributed by atoms with Crippen molar-refractivity contribution in [1.29, 1.82) is 0 Å². The van der Waals surface area contributed by atoms with Crippen LogP contribution in [0.2, 0.25) is 0 Å². The smallest absolute Gasteiger partial charge is 0.257 e. The van der Waals surface area contributed by atoms with Gasteiger partial charge in [-0.05, 0) is 54.8 Å². The molecular formula is C24H31NO3S. The monoisotopic (exact) mass is 413 g/mol. The molecule has 0 saturated carbocycles. The molecule has 0 fully saturated rings. The van der Waals surface area contributed by atoms with Crippen LogP contribution >= 0.6 is 11.8 Å². The van der Waals surface area contributed by atoms with Crippen LogP contribution in [-0.4, -0.2) is 22.7 Å². The lowest BCUT2D eigenvalue weighted by atomic mass is 10.0. The summed E-state index contributed by atoms with van der Waals surface area (Å²) in [6, 6.07) is 14.4. The molecule has 0 radical (unpaired) electrons. The Bertz CT molecular complexity index is 757. The van der Waals surface area contributed by atoms with Gasteiger partial charge >= 0.3 is 0 Å². The minimum Gasteiger partial charge on any atom is -0.508 e. The average molecular weight is 414 g/mol. The summed E-state index contributed by atoms with van der Waals surface area (Å²) in [6.07, 6.45) is 8.90. The molecule has 2 aromatic carbocycles. The van der Waals surface area contributed by atoms with Gasteiger partial charge < -0.3 is 5.11 Å². The first kappa shape index (κ1) is 23.0. The number of aryl methyl sites for hydroxylation is 1. The van der Waals surface area contributed by atoms with Crippen LogP contribution in [0.4, 0.5) is 0 Å². The van der Waals surface area contributed by atoms with Gasteiger partial charge in [0.05, 0.1) is 0 Å². The molecule has 2 aromatic rings. The zero-order chi connectivity index (χ0) is 20.9. The van der Waals surface area contributed by atoms with Gasteiger partial charge in [-0.25, -0.2) is 0 Å². The molecule has 2 rings (SSSR count). The number of rotatable bonds is 12. The standard InChI is InChI=1S/C24H31NO3S/c1-2-3-4-5-6-7-8-19-9-11-20(12-10-19)24(28)25-23(27)17-18-29-22-15-13-21(26)14-16-22/h9-16,26H,2-8,17-18H2,1H3,(H,25,27,28). The lowest BCUT2D eigenvalue weighted by Gasteiger charge is -2.06. The normalized spacial score (nSPS) is 10.7. The fourth-order valence-corrected chi connectivity index (χ4v) is 3.85. The number of phenols is 1. The van der Waals surface area contributed by atoms with E-state index in [1.54, 1.807) is 36.4 Å². The zero-order valence-corrected chi connectivity index (χ0v) is 18.0. The number of phenolic OH excluding ortho intramolecular Hbond substituents is 1. The van der Waals surface area contributed by atoms with Crippen molar-refractivity contribution in [3.8, 4) is 5.75 Å². The third-order valence-corrected chi connectivity index (χ3v) is 5.74. The predicted molar refractivity (Wildman–Crippen MR) is 119 cm³/mol. The van der Waals surface area contributed by atoms with Crippen LogP contribution in [0.25, 0.3) is 0 Å². The third-order valence-electron chi connectivity index (χ3n) is 4.72. The van der Waals surface area contributed by atoms with Crippen molar-refractivity contribution in [2.24, 2.45) is 0 Å². The second-order valence-corrected chi connectivity index (χ2v) is 8.35. The molecule has 0 spiro atoms. The summed E-state index contributed by atoms with van der Waals surface area (Å²) in [5, 5.41) is 11.7. The Morgan fingerprint density at radius 2 is 1.55 bits per heavy atom. The van der Waals surface area contributed by atoms with E-state index in [1.807, 2.05) is 12.1 Å². The van der Waals surface area contributed by atoms with Crippen molar-refractivity contribution in [3.63, 3.8) is 0 Å². The van der Waals surface area contributed by atoms with Crippen molar-refractivity contribution in [3.05, 3.63) is 59.7 Å². The van der Waals surface area contributed by atoms with Crippen LogP contribution in [0.3, 0.4) is 0 Å². The van der Waals surface area contributed by atoms with E-state index in [0.29, 0.717) is 11.3 Å². The topological polar surface area (TPSA) is 66.4 Å². The number of carbonyl (C=O) groups excluding carboxylic acids is 2. The van der Waals surface area contributed by atoms with Gasteiger partial charge in [0.1, 0.15) is 5.75 Å². The summed E-state index contributed by atoms with van der Waals surface area (Å²) in [5.74, 6) is 0.157. The lowest BCUT2D eigenvalue weighted by Crippen LogP contribution is -2.30. The number of aromatic hydroxyl groups is 1. The highest BCUT2D eigenvalue weighted by Gasteiger charge is 2.10. The van der Waals surface area contributed by atoms with E-state index in [9.17, 15) is 14.7 Å². The number of thioether (sulfide) groups is 1. The number of benzene rings is 2. The molecule has 0 aliphatic carbocycles. The van der Waals surface area contributed by atoms with Crippen LogP contribution < -0.4 is 5.32 Å². The minimum atomic E-state index is -0.351. The van der Waals surface area contributed by atoms with Crippen molar-refractivity contribution < 1.29 is 14.7 Å². The number of nitrogens with one attached hydrogen (secondary N) is 1. The van der Waals surface area contributed by atoms with Gasteiger partial charge in [0.15, 0.2) is 0 Å². The number of amides is 2. The van der Waals surface area contributed by atoms with E-state index < -0.39 is 0 Å². The van der Waals surface area contributed by atoms with Crippen molar-refractivity contribution in [1.82, 2.24) is 5.32 Å². The molecule has 156 valence electrons. The highest BCUT2D eigenvalue weighted by molar-refractivity contribution is 7.99. The predicted octanol–water partition coefficient (Wildman–Crippen LogP) is 5.73. The molecule has 0 atom stereocenters. The second kappa shape index (κ2) is 13.0. The second-order valence-electron chi connectivity index (χ2n) is 7.18. The number of carbonyl (C=O) groups is 2. The van der Waals surface area contributed by atoms with E-state index >= 15 is 0 Å². The lowest BCUT2D eigenvalue weighted by molar-refractivity contribution is -0.119.